The Labute approximate surface area is 125 Å². The van der Waals surface area contributed by atoms with Crippen LogP contribution in [0.1, 0.15) is 26.2 Å². The van der Waals surface area contributed by atoms with Crippen LogP contribution in [0.5, 0.6) is 0 Å². The second-order valence-electron chi connectivity index (χ2n) is 5.58. The van der Waals surface area contributed by atoms with Crippen molar-refractivity contribution in [2.45, 2.75) is 26.2 Å². The van der Waals surface area contributed by atoms with Crippen molar-refractivity contribution in [1.29, 1.82) is 0 Å². The van der Waals surface area contributed by atoms with Gasteiger partial charge in [-0.2, -0.15) is 0 Å². The largest absolute Gasteiger partial charge is 0.397 e. The molecule has 110 valence electrons. The van der Waals surface area contributed by atoms with E-state index in [1.807, 2.05) is 0 Å². The first-order chi connectivity index (χ1) is 9.54. The van der Waals surface area contributed by atoms with Crippen LogP contribution in [0.4, 0.5) is 11.4 Å². The Morgan fingerprint density at radius 2 is 2.35 bits per heavy atom. The van der Waals surface area contributed by atoms with Crippen LogP contribution in [0, 0.1) is 5.92 Å². The number of carbonyl (C=O) groups is 1. The van der Waals surface area contributed by atoms with Crippen LogP contribution in [-0.2, 0) is 4.79 Å². The van der Waals surface area contributed by atoms with Crippen LogP contribution >= 0.6 is 11.6 Å². The Morgan fingerprint density at radius 1 is 1.55 bits per heavy atom. The molecule has 20 heavy (non-hydrogen) atoms. The number of hydrogen-bond donors (Lipinski definition) is 2. The zero-order valence-corrected chi connectivity index (χ0v) is 12.6. The van der Waals surface area contributed by atoms with Gasteiger partial charge in [-0.3, -0.25) is 4.79 Å². The van der Waals surface area contributed by atoms with Crippen LogP contribution in [0.15, 0.2) is 18.2 Å². The third-order valence-electron chi connectivity index (χ3n) is 3.69. The van der Waals surface area contributed by atoms with Crippen molar-refractivity contribution >= 4 is 28.9 Å². The average Bonchev–Trinajstić information content (AvgIpc) is 2.41. The van der Waals surface area contributed by atoms with Gasteiger partial charge < -0.3 is 16.0 Å². The molecule has 1 aliphatic rings. The van der Waals surface area contributed by atoms with E-state index < -0.39 is 0 Å². The summed E-state index contributed by atoms with van der Waals surface area (Å²) in [5.41, 5.74) is 6.94. The number of carbonyl (C=O) groups excluding carboxylic acids is 1. The van der Waals surface area contributed by atoms with E-state index in [0.717, 1.165) is 25.6 Å². The number of hydrogen-bond acceptors (Lipinski definition) is 3. The van der Waals surface area contributed by atoms with E-state index in [1.54, 1.807) is 18.2 Å². The number of amides is 1. The molecular weight excluding hydrogens is 274 g/mol. The maximum atomic E-state index is 12.0. The van der Waals surface area contributed by atoms with Crippen LogP contribution in [0.25, 0.3) is 0 Å². The number of nitrogens with one attached hydrogen (secondary N) is 1. The zero-order chi connectivity index (χ0) is 14.5. The van der Waals surface area contributed by atoms with E-state index >= 15 is 0 Å². The highest BCUT2D eigenvalue weighted by atomic mass is 35.5. The summed E-state index contributed by atoms with van der Waals surface area (Å²) < 4.78 is 0. The van der Waals surface area contributed by atoms with Gasteiger partial charge in [-0.05, 0) is 43.5 Å². The van der Waals surface area contributed by atoms with Gasteiger partial charge in [-0.15, -0.1) is 0 Å². The Bertz CT molecular complexity index is 478. The van der Waals surface area contributed by atoms with Gasteiger partial charge in [0.15, 0.2) is 0 Å². The summed E-state index contributed by atoms with van der Waals surface area (Å²) in [5, 5.41) is 3.40. The van der Waals surface area contributed by atoms with E-state index in [9.17, 15) is 4.79 Å². The molecule has 1 aliphatic heterocycles. The molecular formula is C15H22ClN3O. The second kappa shape index (κ2) is 6.95. The summed E-state index contributed by atoms with van der Waals surface area (Å²) >= 11 is 5.90. The smallest absolute Gasteiger partial charge is 0.225 e. The lowest BCUT2D eigenvalue weighted by molar-refractivity contribution is -0.116. The Kier molecular flexibility index (Phi) is 5.26. The molecule has 4 nitrogen and oxygen atoms in total. The molecule has 1 atom stereocenters. The molecule has 0 aromatic heterocycles. The van der Waals surface area contributed by atoms with Crippen molar-refractivity contribution in [2.75, 3.05) is 30.7 Å². The summed E-state index contributed by atoms with van der Waals surface area (Å²) in [6.07, 6.45) is 3.00. The van der Waals surface area contributed by atoms with Gasteiger partial charge in [0.2, 0.25) is 5.91 Å². The van der Waals surface area contributed by atoms with Gasteiger partial charge in [-0.1, -0.05) is 18.5 Å². The third kappa shape index (κ3) is 4.39. The number of rotatable bonds is 4. The average molecular weight is 296 g/mol. The molecule has 1 saturated heterocycles. The number of benzene rings is 1. The predicted octanol–water partition coefficient (Wildman–Crippen LogP) is 2.98. The summed E-state index contributed by atoms with van der Waals surface area (Å²) in [7, 11) is 0. The first-order valence-electron chi connectivity index (χ1n) is 7.12. The topological polar surface area (TPSA) is 58.4 Å². The molecule has 5 heteroatoms. The highest BCUT2D eigenvalue weighted by Crippen LogP contribution is 2.23. The molecule has 0 saturated carbocycles. The zero-order valence-electron chi connectivity index (χ0n) is 11.9. The van der Waals surface area contributed by atoms with Crippen molar-refractivity contribution in [1.82, 2.24) is 4.90 Å². The summed E-state index contributed by atoms with van der Waals surface area (Å²) in [6.45, 7) is 5.25. The lowest BCUT2D eigenvalue weighted by atomic mass is 10.0. The van der Waals surface area contributed by atoms with Crippen LogP contribution in [-0.4, -0.2) is 30.4 Å². The van der Waals surface area contributed by atoms with Gasteiger partial charge in [0, 0.05) is 24.5 Å². The van der Waals surface area contributed by atoms with E-state index in [1.165, 1.54) is 12.8 Å². The lowest BCUT2D eigenvalue weighted by Gasteiger charge is -2.30. The highest BCUT2D eigenvalue weighted by Gasteiger charge is 2.17. The molecule has 1 unspecified atom stereocenters. The minimum Gasteiger partial charge on any atom is -0.397 e. The molecule has 1 aromatic carbocycles. The number of likely N-dealkylation sites (tertiary alicyclic amines) is 1. The maximum absolute atomic E-state index is 12.0. The Morgan fingerprint density at radius 3 is 3.10 bits per heavy atom. The Hall–Kier alpha value is -1.26. The van der Waals surface area contributed by atoms with E-state index in [-0.39, 0.29) is 5.91 Å². The number of nitrogens with two attached hydrogens (primary N) is 1. The fourth-order valence-corrected chi connectivity index (χ4v) is 2.77. The Balaban J connectivity index is 1.82. The van der Waals surface area contributed by atoms with Crippen molar-refractivity contribution in [3.63, 3.8) is 0 Å². The minimum atomic E-state index is -0.0165. The monoisotopic (exact) mass is 295 g/mol. The van der Waals surface area contributed by atoms with Crippen molar-refractivity contribution in [3.8, 4) is 0 Å². The normalized spacial score (nSPS) is 19.8. The highest BCUT2D eigenvalue weighted by molar-refractivity contribution is 6.31. The lowest BCUT2D eigenvalue weighted by Crippen LogP contribution is -2.36. The van der Waals surface area contributed by atoms with E-state index in [4.69, 9.17) is 17.3 Å². The fraction of sp³-hybridized carbons (Fsp3) is 0.533. The molecule has 1 aromatic rings. The molecule has 1 heterocycles. The quantitative estimate of drug-likeness (QED) is 0.840. The van der Waals surface area contributed by atoms with Crippen LogP contribution < -0.4 is 11.1 Å². The summed E-state index contributed by atoms with van der Waals surface area (Å²) in [4.78, 5) is 14.3. The standard InChI is InChI=1S/C15H22ClN3O/c1-11-3-2-7-19(10-11)8-6-15(20)18-14-9-12(16)4-5-13(14)17/h4-5,9,11H,2-3,6-8,10,17H2,1H3,(H,18,20). The molecule has 0 aliphatic carbocycles. The first-order valence-corrected chi connectivity index (χ1v) is 7.49. The van der Waals surface area contributed by atoms with Gasteiger partial charge in [0.1, 0.15) is 0 Å². The molecule has 1 amide bonds. The van der Waals surface area contributed by atoms with Crippen molar-refractivity contribution < 1.29 is 4.79 Å². The number of halogens is 1. The predicted molar refractivity (Wildman–Crippen MR) is 83.9 cm³/mol. The molecule has 0 spiro atoms. The molecule has 1 fully saturated rings. The third-order valence-corrected chi connectivity index (χ3v) is 3.92. The molecule has 0 radical (unpaired) electrons. The maximum Gasteiger partial charge on any atom is 0.225 e. The molecule has 0 bridgehead atoms. The fourth-order valence-electron chi connectivity index (χ4n) is 2.60. The van der Waals surface area contributed by atoms with Gasteiger partial charge >= 0.3 is 0 Å². The number of anilines is 2. The van der Waals surface area contributed by atoms with Crippen molar-refractivity contribution in [3.05, 3.63) is 23.2 Å². The molecule has 2 rings (SSSR count). The SMILES string of the molecule is CC1CCCN(CCC(=O)Nc2cc(Cl)ccc2N)C1. The van der Waals surface area contributed by atoms with Gasteiger partial charge in [0.25, 0.3) is 0 Å². The van der Waals surface area contributed by atoms with Gasteiger partial charge in [-0.25, -0.2) is 0 Å². The summed E-state index contributed by atoms with van der Waals surface area (Å²) in [6, 6.07) is 5.09. The number of piperidine rings is 1. The summed E-state index contributed by atoms with van der Waals surface area (Å²) in [5.74, 6) is 0.715. The van der Waals surface area contributed by atoms with Crippen LogP contribution in [0.2, 0.25) is 5.02 Å². The number of nitrogen functional groups attached to an aromatic ring is 1. The minimum absolute atomic E-state index is 0.0165. The van der Waals surface area contributed by atoms with Crippen molar-refractivity contribution in [2.24, 2.45) is 5.92 Å². The van der Waals surface area contributed by atoms with E-state index in [2.05, 4.69) is 17.1 Å². The number of nitrogens with zero attached hydrogens (tertiary/aromatic N) is 1. The van der Waals surface area contributed by atoms with Crippen LogP contribution in [0.3, 0.4) is 0 Å². The van der Waals surface area contributed by atoms with E-state index in [0.29, 0.717) is 22.8 Å². The molecule has 3 N–H and O–H groups in total. The van der Waals surface area contributed by atoms with Gasteiger partial charge in [0.05, 0.1) is 11.4 Å². The first kappa shape index (κ1) is 15.1. The second-order valence-corrected chi connectivity index (χ2v) is 6.01.